The van der Waals surface area contributed by atoms with Crippen molar-refractivity contribution in [2.75, 3.05) is 11.5 Å². The third-order valence-electron chi connectivity index (χ3n) is 3.92. The van der Waals surface area contributed by atoms with Gasteiger partial charge in [0, 0.05) is 30.3 Å². The molecule has 170 valence electrons. The van der Waals surface area contributed by atoms with E-state index >= 15 is 0 Å². The maximum Gasteiger partial charge on any atom is 0.422 e. The van der Waals surface area contributed by atoms with Crippen molar-refractivity contribution in [1.82, 2.24) is 0 Å². The molecule has 0 fully saturated rings. The minimum Gasteiger partial charge on any atom is -0.453 e. The first-order chi connectivity index (χ1) is 14.8. The van der Waals surface area contributed by atoms with Crippen LogP contribution < -0.4 is 20.9 Å². The fourth-order valence-electron chi connectivity index (χ4n) is 2.55. The van der Waals surface area contributed by atoms with Gasteiger partial charge < -0.3 is 20.9 Å². The summed E-state index contributed by atoms with van der Waals surface area (Å²) in [5, 5.41) is 0. The summed E-state index contributed by atoms with van der Waals surface area (Å²) < 4.78 is 133. The molecule has 13 heteroatoms. The van der Waals surface area contributed by atoms with Gasteiger partial charge in [0.15, 0.2) is 34.7 Å². The lowest BCUT2D eigenvalue weighted by atomic mass is 10.1. The van der Waals surface area contributed by atoms with Gasteiger partial charge in [-0.2, -0.15) is 17.6 Å². The van der Waals surface area contributed by atoms with E-state index in [0.717, 1.165) is 0 Å². The lowest BCUT2D eigenvalue weighted by molar-refractivity contribution is -0.141. The third-order valence-corrected chi connectivity index (χ3v) is 3.92. The number of hydrogen-bond acceptors (Lipinski definition) is 4. The molecule has 3 aromatic carbocycles. The van der Waals surface area contributed by atoms with Gasteiger partial charge in [0.05, 0.1) is 11.4 Å². The van der Waals surface area contributed by atoms with Gasteiger partial charge in [-0.15, -0.1) is 0 Å². The molecule has 0 bridgehead atoms. The molecule has 0 aliphatic rings. The zero-order valence-corrected chi connectivity index (χ0v) is 15.3. The van der Waals surface area contributed by atoms with E-state index in [-0.39, 0.29) is 6.07 Å². The molecule has 0 amide bonds. The number of hydrogen-bond donors (Lipinski definition) is 2. The van der Waals surface area contributed by atoms with Crippen LogP contribution in [0.5, 0.6) is 23.0 Å². The molecule has 3 rings (SSSR count). The van der Waals surface area contributed by atoms with E-state index in [1.807, 2.05) is 0 Å². The van der Waals surface area contributed by atoms with Crippen LogP contribution >= 0.6 is 0 Å². The van der Waals surface area contributed by atoms with E-state index in [0.29, 0.717) is 24.3 Å². The van der Waals surface area contributed by atoms with Gasteiger partial charge in [-0.25, -0.2) is 22.0 Å². The molecular weight excluding hydrogens is 459 g/mol. The Morgan fingerprint density at radius 2 is 0.938 bits per heavy atom. The monoisotopic (exact) mass is 468 g/mol. The van der Waals surface area contributed by atoms with Crippen molar-refractivity contribution in [3.05, 3.63) is 70.8 Å². The number of benzene rings is 3. The van der Waals surface area contributed by atoms with Gasteiger partial charge in [0.25, 0.3) is 0 Å². The van der Waals surface area contributed by atoms with E-state index in [9.17, 15) is 39.5 Å². The van der Waals surface area contributed by atoms with Crippen LogP contribution in [0.1, 0.15) is 5.56 Å². The van der Waals surface area contributed by atoms with Crippen LogP contribution in [-0.4, -0.2) is 0 Å². The highest BCUT2D eigenvalue weighted by atomic mass is 19.4. The van der Waals surface area contributed by atoms with Gasteiger partial charge in [-0.3, -0.25) is 0 Å². The topological polar surface area (TPSA) is 70.5 Å². The quantitative estimate of drug-likeness (QED) is 0.349. The van der Waals surface area contributed by atoms with Crippen molar-refractivity contribution < 1.29 is 49.0 Å². The molecule has 0 aliphatic carbocycles. The maximum absolute atomic E-state index is 14.3. The van der Waals surface area contributed by atoms with Crippen molar-refractivity contribution in [1.29, 1.82) is 0 Å². The summed E-state index contributed by atoms with van der Waals surface area (Å²) in [6.07, 6.45) is -5.58. The molecular formula is C19H9F9N2O2. The van der Waals surface area contributed by atoms with Crippen LogP contribution in [0, 0.1) is 34.9 Å². The Hall–Kier alpha value is -3.77. The average molecular weight is 468 g/mol. The van der Waals surface area contributed by atoms with E-state index in [4.69, 9.17) is 11.5 Å². The SMILES string of the molecule is Nc1cc(F)cc(Oc2cc(Oc3cc(F)cc(N)c3F)c(C(F)(F)F)c(F)c2F)c1F. The highest BCUT2D eigenvalue weighted by Crippen LogP contribution is 2.45. The number of rotatable bonds is 4. The average Bonchev–Trinajstić information content (AvgIpc) is 2.66. The van der Waals surface area contributed by atoms with Gasteiger partial charge >= 0.3 is 6.18 Å². The Bertz CT molecular complexity index is 1210. The number of nitrogen functional groups attached to an aromatic ring is 2. The summed E-state index contributed by atoms with van der Waals surface area (Å²) >= 11 is 0. The molecule has 0 unspecified atom stereocenters. The fraction of sp³-hybridized carbons (Fsp3) is 0.0526. The Labute approximate surface area is 172 Å². The predicted molar refractivity (Wildman–Crippen MR) is 93.0 cm³/mol. The predicted octanol–water partition coefficient (Wildman–Crippen LogP) is 6.29. The molecule has 3 aromatic rings. The summed E-state index contributed by atoms with van der Waals surface area (Å²) in [5.74, 6) is -15.4. The Balaban J connectivity index is 2.19. The summed E-state index contributed by atoms with van der Waals surface area (Å²) in [5.41, 5.74) is 6.34. The zero-order valence-electron chi connectivity index (χ0n) is 15.3. The second-order valence-corrected chi connectivity index (χ2v) is 6.19. The minimum atomic E-state index is -5.58. The Morgan fingerprint density at radius 1 is 0.531 bits per heavy atom. The molecule has 0 spiro atoms. The maximum atomic E-state index is 14.3. The largest absolute Gasteiger partial charge is 0.453 e. The first-order valence-corrected chi connectivity index (χ1v) is 8.23. The van der Waals surface area contributed by atoms with Crippen molar-refractivity contribution >= 4 is 11.4 Å². The van der Waals surface area contributed by atoms with E-state index in [1.54, 1.807) is 0 Å². The molecule has 4 nitrogen and oxygen atoms in total. The van der Waals surface area contributed by atoms with Crippen molar-refractivity contribution in [2.24, 2.45) is 0 Å². The van der Waals surface area contributed by atoms with Crippen LogP contribution in [0.25, 0.3) is 0 Å². The second-order valence-electron chi connectivity index (χ2n) is 6.19. The van der Waals surface area contributed by atoms with Crippen LogP contribution in [0.3, 0.4) is 0 Å². The molecule has 0 radical (unpaired) electrons. The lowest BCUT2D eigenvalue weighted by Gasteiger charge is -2.18. The molecule has 32 heavy (non-hydrogen) atoms. The number of ether oxygens (including phenoxy) is 2. The van der Waals surface area contributed by atoms with E-state index < -0.39 is 81.0 Å². The van der Waals surface area contributed by atoms with E-state index in [1.165, 1.54) is 0 Å². The lowest BCUT2D eigenvalue weighted by Crippen LogP contribution is -2.13. The third kappa shape index (κ3) is 4.31. The minimum absolute atomic E-state index is 0.0856. The van der Waals surface area contributed by atoms with Crippen molar-refractivity contribution in [3.63, 3.8) is 0 Å². The number of anilines is 2. The summed E-state index contributed by atoms with van der Waals surface area (Å²) in [6.45, 7) is 0. The molecule has 0 saturated carbocycles. The highest BCUT2D eigenvalue weighted by Gasteiger charge is 2.41. The van der Waals surface area contributed by atoms with Gasteiger partial charge in [0.1, 0.15) is 22.9 Å². The molecule has 0 aliphatic heterocycles. The molecule has 4 N–H and O–H groups in total. The smallest absolute Gasteiger partial charge is 0.422 e. The highest BCUT2D eigenvalue weighted by molar-refractivity contribution is 5.53. The standard InChI is InChI=1S/C19H9F9N2O2/c20-6-1-8(29)15(22)11(3-6)31-10-5-13(17(24)18(25)14(10)19(26,27)28)32-12-4-7(21)2-9(30)16(12)23/h1-5H,29-30H2. The van der Waals surface area contributed by atoms with Gasteiger partial charge in [0.2, 0.25) is 5.82 Å². The molecule has 0 heterocycles. The van der Waals surface area contributed by atoms with Crippen LogP contribution in [0.2, 0.25) is 0 Å². The number of halogens is 9. The van der Waals surface area contributed by atoms with Crippen molar-refractivity contribution in [2.45, 2.75) is 6.18 Å². The summed E-state index contributed by atoms with van der Waals surface area (Å²) in [7, 11) is 0. The van der Waals surface area contributed by atoms with Crippen LogP contribution in [0.4, 0.5) is 50.9 Å². The van der Waals surface area contributed by atoms with Gasteiger partial charge in [-0.1, -0.05) is 0 Å². The van der Waals surface area contributed by atoms with Crippen molar-refractivity contribution in [3.8, 4) is 23.0 Å². The molecule has 0 atom stereocenters. The Kier molecular flexibility index (Phi) is 5.76. The fourth-order valence-corrected chi connectivity index (χ4v) is 2.55. The second kappa shape index (κ2) is 8.05. The normalized spacial score (nSPS) is 11.5. The molecule has 0 saturated heterocycles. The number of alkyl halides is 3. The summed E-state index contributed by atoms with van der Waals surface area (Å²) in [6, 6.07) is 1.75. The first-order valence-electron chi connectivity index (χ1n) is 8.23. The summed E-state index contributed by atoms with van der Waals surface area (Å²) in [4.78, 5) is 0. The Morgan fingerprint density at radius 3 is 1.38 bits per heavy atom. The van der Waals surface area contributed by atoms with Crippen LogP contribution in [0.15, 0.2) is 30.3 Å². The first kappa shape index (κ1) is 22.9. The van der Waals surface area contributed by atoms with E-state index in [2.05, 4.69) is 9.47 Å². The number of nitrogens with two attached hydrogens (primary N) is 2. The zero-order chi connectivity index (χ0) is 24.0. The molecule has 0 aromatic heterocycles. The van der Waals surface area contributed by atoms with Gasteiger partial charge in [-0.05, 0) is 0 Å². The van der Waals surface area contributed by atoms with Crippen LogP contribution in [-0.2, 0) is 6.18 Å².